The number of hydrogen-bond acceptors (Lipinski definition) is 4. The number of rotatable bonds is 7. The van der Waals surface area contributed by atoms with Crippen molar-refractivity contribution in [2.75, 3.05) is 19.7 Å². The molecule has 1 rings (SSSR count). The van der Waals surface area contributed by atoms with E-state index in [1.54, 1.807) is 6.92 Å². The van der Waals surface area contributed by atoms with Crippen molar-refractivity contribution in [2.24, 2.45) is 5.92 Å². The van der Waals surface area contributed by atoms with Crippen LogP contribution in [0.2, 0.25) is 0 Å². The molecule has 0 unspecified atom stereocenters. The lowest BCUT2D eigenvalue weighted by Gasteiger charge is -2.10. The van der Waals surface area contributed by atoms with Gasteiger partial charge in [0.05, 0.1) is 6.61 Å². The van der Waals surface area contributed by atoms with Gasteiger partial charge in [-0.05, 0) is 19.8 Å². The summed E-state index contributed by atoms with van der Waals surface area (Å²) in [5.74, 6) is -0.566. The third kappa shape index (κ3) is 6.22. The molecule has 0 heterocycles. The molecule has 2 N–H and O–H groups in total. The van der Waals surface area contributed by atoms with E-state index in [9.17, 15) is 14.4 Å². The predicted molar refractivity (Wildman–Crippen MR) is 69.2 cm³/mol. The van der Waals surface area contributed by atoms with Crippen molar-refractivity contribution >= 4 is 17.8 Å². The minimum Gasteiger partial charge on any atom is -0.465 e. The van der Waals surface area contributed by atoms with E-state index in [-0.39, 0.29) is 30.7 Å². The fourth-order valence-electron chi connectivity index (χ4n) is 2.10. The van der Waals surface area contributed by atoms with Gasteiger partial charge >= 0.3 is 5.97 Å². The highest BCUT2D eigenvalue weighted by molar-refractivity contribution is 5.83. The fraction of sp³-hybridized carbons (Fsp3) is 0.769. The van der Waals surface area contributed by atoms with Gasteiger partial charge in [-0.3, -0.25) is 14.4 Å². The number of hydrogen-bond donors (Lipinski definition) is 2. The maximum absolute atomic E-state index is 11.7. The number of amides is 2. The van der Waals surface area contributed by atoms with Gasteiger partial charge in [-0.1, -0.05) is 12.8 Å². The molecular weight excluding hydrogens is 248 g/mol. The molecule has 0 aromatic heterocycles. The molecule has 108 valence electrons. The Kier molecular flexibility index (Phi) is 6.92. The summed E-state index contributed by atoms with van der Waals surface area (Å²) in [5, 5.41) is 5.20. The standard InChI is InChI=1S/C13H22N2O4/c1-2-19-12(17)9-15-11(16)7-8-14-13(18)10-5-3-4-6-10/h10H,2-9H2,1H3,(H,14,18)(H,15,16). The Labute approximate surface area is 113 Å². The Bertz CT molecular complexity index is 325. The summed E-state index contributed by atoms with van der Waals surface area (Å²) in [5.41, 5.74) is 0. The van der Waals surface area contributed by atoms with E-state index in [2.05, 4.69) is 15.4 Å². The Balaban J connectivity index is 2.06. The Morgan fingerprint density at radius 3 is 2.47 bits per heavy atom. The highest BCUT2D eigenvalue weighted by atomic mass is 16.5. The number of esters is 1. The molecule has 0 spiro atoms. The van der Waals surface area contributed by atoms with Gasteiger partial charge in [0.2, 0.25) is 11.8 Å². The molecule has 0 aliphatic heterocycles. The van der Waals surface area contributed by atoms with Crippen LogP contribution in [0, 0.1) is 5.92 Å². The fourth-order valence-corrected chi connectivity index (χ4v) is 2.10. The topological polar surface area (TPSA) is 84.5 Å². The molecule has 0 atom stereocenters. The minimum absolute atomic E-state index is 0.0377. The van der Waals surface area contributed by atoms with Crippen molar-refractivity contribution in [1.29, 1.82) is 0 Å². The van der Waals surface area contributed by atoms with E-state index < -0.39 is 5.97 Å². The van der Waals surface area contributed by atoms with Crippen molar-refractivity contribution in [3.8, 4) is 0 Å². The molecule has 0 radical (unpaired) electrons. The van der Waals surface area contributed by atoms with Crippen molar-refractivity contribution in [3.63, 3.8) is 0 Å². The van der Waals surface area contributed by atoms with Gasteiger partial charge in [0.1, 0.15) is 6.54 Å². The summed E-state index contributed by atoms with van der Waals surface area (Å²) in [4.78, 5) is 34.0. The van der Waals surface area contributed by atoms with E-state index in [1.165, 1.54) is 0 Å². The van der Waals surface area contributed by atoms with Crippen LogP contribution in [0.1, 0.15) is 39.0 Å². The molecular formula is C13H22N2O4. The molecule has 1 aliphatic carbocycles. The van der Waals surface area contributed by atoms with Crippen LogP contribution in [0.15, 0.2) is 0 Å². The molecule has 1 fully saturated rings. The van der Waals surface area contributed by atoms with E-state index in [1.807, 2.05) is 0 Å². The van der Waals surface area contributed by atoms with Crippen LogP contribution in [0.5, 0.6) is 0 Å². The van der Waals surface area contributed by atoms with Crippen LogP contribution in [-0.2, 0) is 19.1 Å². The molecule has 0 aromatic carbocycles. The number of carbonyl (C=O) groups excluding carboxylic acids is 3. The smallest absolute Gasteiger partial charge is 0.325 e. The first kappa shape index (κ1) is 15.5. The maximum Gasteiger partial charge on any atom is 0.325 e. The first-order valence-corrected chi connectivity index (χ1v) is 6.83. The van der Waals surface area contributed by atoms with Gasteiger partial charge in [-0.25, -0.2) is 0 Å². The normalized spacial score (nSPS) is 15.0. The van der Waals surface area contributed by atoms with Gasteiger partial charge in [-0.15, -0.1) is 0 Å². The quantitative estimate of drug-likeness (QED) is 0.654. The van der Waals surface area contributed by atoms with Crippen LogP contribution in [0.25, 0.3) is 0 Å². The van der Waals surface area contributed by atoms with Crippen LogP contribution in [0.4, 0.5) is 0 Å². The molecule has 0 aromatic rings. The lowest BCUT2D eigenvalue weighted by molar-refractivity contribution is -0.143. The molecule has 6 heteroatoms. The van der Waals surface area contributed by atoms with E-state index in [4.69, 9.17) is 0 Å². The zero-order valence-corrected chi connectivity index (χ0v) is 11.4. The zero-order valence-electron chi connectivity index (χ0n) is 11.4. The lowest BCUT2D eigenvalue weighted by Crippen LogP contribution is -2.35. The summed E-state index contributed by atoms with van der Waals surface area (Å²) in [6.07, 6.45) is 4.29. The van der Waals surface area contributed by atoms with Crippen LogP contribution in [-0.4, -0.2) is 37.5 Å². The van der Waals surface area contributed by atoms with E-state index in [0.717, 1.165) is 25.7 Å². The second-order valence-corrected chi connectivity index (χ2v) is 4.60. The van der Waals surface area contributed by atoms with Crippen molar-refractivity contribution in [2.45, 2.75) is 39.0 Å². The summed E-state index contributed by atoms with van der Waals surface area (Å²) < 4.78 is 4.68. The van der Waals surface area contributed by atoms with Gasteiger partial charge in [0, 0.05) is 18.9 Å². The van der Waals surface area contributed by atoms with Gasteiger partial charge in [0.15, 0.2) is 0 Å². The third-order valence-electron chi connectivity index (χ3n) is 3.11. The number of nitrogens with one attached hydrogen (secondary N) is 2. The largest absolute Gasteiger partial charge is 0.465 e. The number of ether oxygens (including phenoxy) is 1. The summed E-state index contributed by atoms with van der Waals surface area (Å²) >= 11 is 0. The monoisotopic (exact) mass is 270 g/mol. The molecule has 19 heavy (non-hydrogen) atoms. The summed E-state index contributed by atoms with van der Waals surface area (Å²) in [7, 11) is 0. The first-order valence-electron chi connectivity index (χ1n) is 6.83. The Morgan fingerprint density at radius 1 is 1.16 bits per heavy atom. The predicted octanol–water partition coefficient (Wildman–Crippen LogP) is 0.362. The molecule has 6 nitrogen and oxygen atoms in total. The second-order valence-electron chi connectivity index (χ2n) is 4.60. The van der Waals surface area contributed by atoms with Crippen molar-refractivity contribution in [1.82, 2.24) is 10.6 Å². The summed E-state index contributed by atoms with van der Waals surface area (Å²) in [6, 6.07) is 0. The van der Waals surface area contributed by atoms with Crippen LogP contribution in [0.3, 0.4) is 0 Å². The molecule has 1 saturated carbocycles. The molecule has 0 bridgehead atoms. The summed E-state index contributed by atoms with van der Waals surface area (Å²) in [6.45, 7) is 2.19. The number of carbonyl (C=O) groups is 3. The van der Waals surface area contributed by atoms with E-state index in [0.29, 0.717) is 13.2 Å². The van der Waals surface area contributed by atoms with E-state index >= 15 is 0 Å². The maximum atomic E-state index is 11.7. The second kappa shape index (κ2) is 8.50. The first-order chi connectivity index (χ1) is 9.13. The van der Waals surface area contributed by atoms with Gasteiger partial charge in [-0.2, -0.15) is 0 Å². The average Bonchev–Trinajstić information content (AvgIpc) is 2.90. The zero-order chi connectivity index (χ0) is 14.1. The molecule has 2 amide bonds. The van der Waals surface area contributed by atoms with Gasteiger partial charge < -0.3 is 15.4 Å². The van der Waals surface area contributed by atoms with Crippen molar-refractivity contribution in [3.05, 3.63) is 0 Å². The molecule has 1 aliphatic rings. The minimum atomic E-state index is -0.453. The van der Waals surface area contributed by atoms with Gasteiger partial charge in [0.25, 0.3) is 0 Å². The highest BCUT2D eigenvalue weighted by Crippen LogP contribution is 2.24. The van der Waals surface area contributed by atoms with Crippen molar-refractivity contribution < 1.29 is 19.1 Å². The average molecular weight is 270 g/mol. The van der Waals surface area contributed by atoms with Crippen LogP contribution >= 0.6 is 0 Å². The van der Waals surface area contributed by atoms with Crippen LogP contribution < -0.4 is 10.6 Å². The Hall–Kier alpha value is -1.59. The Morgan fingerprint density at radius 2 is 1.84 bits per heavy atom. The third-order valence-corrected chi connectivity index (χ3v) is 3.11. The lowest BCUT2D eigenvalue weighted by atomic mass is 10.1. The highest BCUT2D eigenvalue weighted by Gasteiger charge is 2.22. The molecule has 0 saturated heterocycles. The SMILES string of the molecule is CCOC(=O)CNC(=O)CCNC(=O)C1CCCC1.